The molecule has 2 rings (SSSR count). The Morgan fingerprint density at radius 3 is 3.06 bits per heavy atom. The van der Waals surface area contributed by atoms with Crippen LogP contribution in [0.2, 0.25) is 0 Å². The fourth-order valence-electron chi connectivity index (χ4n) is 2.48. The summed E-state index contributed by atoms with van der Waals surface area (Å²) in [6, 6.07) is -0.0389. The van der Waals surface area contributed by atoms with Gasteiger partial charge in [0.1, 0.15) is 6.04 Å². The van der Waals surface area contributed by atoms with E-state index < -0.39 is 12.0 Å². The van der Waals surface area contributed by atoms with E-state index in [2.05, 4.69) is 23.7 Å². The molecule has 1 aliphatic heterocycles. The number of anilines is 1. The molecular weight excluding hydrogens is 250 g/mol. The molecule has 18 heavy (non-hydrogen) atoms. The number of carboxylic acid groups (broad SMARTS) is 1. The van der Waals surface area contributed by atoms with Gasteiger partial charge in [-0.05, 0) is 26.2 Å². The summed E-state index contributed by atoms with van der Waals surface area (Å²) in [6.45, 7) is 4.36. The van der Waals surface area contributed by atoms with Gasteiger partial charge in [-0.15, -0.1) is 11.3 Å². The van der Waals surface area contributed by atoms with Crippen LogP contribution in [-0.4, -0.2) is 28.1 Å². The quantitative estimate of drug-likeness (QED) is 0.874. The summed E-state index contributed by atoms with van der Waals surface area (Å²) < 4.78 is 0. The molecule has 3 unspecified atom stereocenters. The van der Waals surface area contributed by atoms with E-state index in [9.17, 15) is 4.79 Å². The lowest BCUT2D eigenvalue weighted by Crippen LogP contribution is -2.34. The zero-order valence-corrected chi connectivity index (χ0v) is 11.5. The molecule has 6 heteroatoms. The number of carboxylic acids is 1. The third-order valence-electron chi connectivity index (χ3n) is 3.57. The predicted molar refractivity (Wildman–Crippen MR) is 71.9 cm³/mol. The summed E-state index contributed by atoms with van der Waals surface area (Å²) >= 11 is 1.49. The molecule has 0 saturated carbocycles. The van der Waals surface area contributed by atoms with Crippen molar-refractivity contribution in [3.05, 3.63) is 11.1 Å². The van der Waals surface area contributed by atoms with Crippen molar-refractivity contribution in [1.82, 2.24) is 4.98 Å². The van der Waals surface area contributed by atoms with Gasteiger partial charge in [-0.2, -0.15) is 0 Å². The summed E-state index contributed by atoms with van der Waals surface area (Å²) in [4.78, 5) is 17.6. The Labute approximate surface area is 111 Å². The summed E-state index contributed by atoms with van der Waals surface area (Å²) in [7, 11) is 0. The molecule has 0 spiro atoms. The van der Waals surface area contributed by atoms with Crippen molar-refractivity contribution in [2.75, 3.05) is 4.90 Å². The van der Waals surface area contributed by atoms with Crippen LogP contribution < -0.4 is 10.6 Å². The minimum absolute atomic E-state index is 0.455. The number of hydrogen-bond donors (Lipinski definition) is 2. The number of aliphatic carboxylic acids is 1. The smallest absolute Gasteiger partial charge is 0.326 e. The molecule has 1 aromatic heterocycles. The first-order valence-electron chi connectivity index (χ1n) is 6.26. The van der Waals surface area contributed by atoms with Crippen LogP contribution in [0.25, 0.3) is 0 Å². The van der Waals surface area contributed by atoms with Crippen molar-refractivity contribution >= 4 is 22.4 Å². The van der Waals surface area contributed by atoms with Gasteiger partial charge in [0, 0.05) is 17.5 Å². The second-order valence-electron chi connectivity index (χ2n) is 4.77. The van der Waals surface area contributed by atoms with Crippen LogP contribution in [0.1, 0.15) is 44.8 Å². The standard InChI is InChI=1S/C12H19N3O2S/c1-3-8-5-4-7(2)15(8)12-14-9(6-18-12)10(13)11(16)17/h6-8,10H,3-5,13H2,1-2H3,(H,16,17). The fourth-order valence-corrected chi connectivity index (χ4v) is 3.52. The van der Waals surface area contributed by atoms with E-state index in [4.69, 9.17) is 10.8 Å². The highest BCUT2D eigenvalue weighted by Gasteiger charge is 2.32. The van der Waals surface area contributed by atoms with Gasteiger partial charge in [0.25, 0.3) is 0 Å². The maximum atomic E-state index is 10.8. The summed E-state index contributed by atoms with van der Waals surface area (Å²) in [6.07, 6.45) is 3.43. The Hall–Kier alpha value is -1.14. The van der Waals surface area contributed by atoms with Gasteiger partial charge in [0.15, 0.2) is 5.13 Å². The van der Waals surface area contributed by atoms with E-state index >= 15 is 0 Å². The Bertz CT molecular complexity index is 435. The lowest BCUT2D eigenvalue weighted by molar-refractivity contribution is -0.138. The van der Waals surface area contributed by atoms with Gasteiger partial charge < -0.3 is 15.7 Å². The lowest BCUT2D eigenvalue weighted by atomic mass is 10.2. The fraction of sp³-hybridized carbons (Fsp3) is 0.667. The third kappa shape index (κ3) is 2.35. The van der Waals surface area contributed by atoms with E-state index in [0.717, 1.165) is 11.6 Å². The Morgan fingerprint density at radius 1 is 1.72 bits per heavy atom. The van der Waals surface area contributed by atoms with Crippen LogP contribution >= 0.6 is 11.3 Å². The number of nitrogens with zero attached hydrogens (tertiary/aromatic N) is 2. The molecule has 1 aliphatic rings. The van der Waals surface area contributed by atoms with Crippen molar-refractivity contribution in [3.63, 3.8) is 0 Å². The molecule has 3 N–H and O–H groups in total. The molecule has 0 amide bonds. The topological polar surface area (TPSA) is 79.5 Å². The van der Waals surface area contributed by atoms with Crippen molar-refractivity contribution in [3.8, 4) is 0 Å². The van der Waals surface area contributed by atoms with Crippen molar-refractivity contribution in [1.29, 1.82) is 0 Å². The van der Waals surface area contributed by atoms with Gasteiger partial charge in [-0.25, -0.2) is 4.98 Å². The van der Waals surface area contributed by atoms with Gasteiger partial charge in [0.2, 0.25) is 0 Å². The molecule has 0 radical (unpaired) electrons. The minimum atomic E-state index is -1.03. The van der Waals surface area contributed by atoms with Crippen molar-refractivity contribution in [2.45, 2.75) is 51.2 Å². The van der Waals surface area contributed by atoms with Crippen LogP contribution in [0.15, 0.2) is 5.38 Å². The molecule has 1 saturated heterocycles. The lowest BCUT2D eigenvalue weighted by Gasteiger charge is -2.27. The Kier molecular flexibility index (Phi) is 3.87. The highest BCUT2D eigenvalue weighted by atomic mass is 32.1. The minimum Gasteiger partial charge on any atom is -0.480 e. The van der Waals surface area contributed by atoms with Crippen molar-refractivity contribution in [2.24, 2.45) is 5.73 Å². The number of aromatic nitrogens is 1. The molecule has 2 heterocycles. The number of nitrogens with two attached hydrogens (primary N) is 1. The molecule has 1 fully saturated rings. The Balaban J connectivity index is 2.21. The first-order valence-corrected chi connectivity index (χ1v) is 7.14. The number of hydrogen-bond acceptors (Lipinski definition) is 5. The van der Waals surface area contributed by atoms with Crippen molar-refractivity contribution < 1.29 is 9.90 Å². The average Bonchev–Trinajstić information content (AvgIpc) is 2.93. The van der Waals surface area contributed by atoms with Crippen LogP contribution in [0.4, 0.5) is 5.13 Å². The van der Waals surface area contributed by atoms with E-state index in [1.807, 2.05) is 0 Å². The Morgan fingerprint density at radius 2 is 2.44 bits per heavy atom. The maximum absolute atomic E-state index is 10.8. The second kappa shape index (κ2) is 5.24. The molecule has 0 aromatic carbocycles. The highest BCUT2D eigenvalue weighted by Crippen LogP contribution is 2.34. The molecule has 100 valence electrons. The number of thiazole rings is 1. The summed E-state index contributed by atoms with van der Waals surface area (Å²) in [5.74, 6) is -1.03. The van der Waals surface area contributed by atoms with Gasteiger partial charge in [-0.1, -0.05) is 6.92 Å². The van der Waals surface area contributed by atoms with Gasteiger partial charge >= 0.3 is 5.97 Å². The zero-order valence-electron chi connectivity index (χ0n) is 10.7. The molecule has 5 nitrogen and oxygen atoms in total. The normalized spacial score (nSPS) is 25.4. The van der Waals surface area contributed by atoms with Crippen LogP contribution in [0, 0.1) is 0 Å². The van der Waals surface area contributed by atoms with E-state index in [1.54, 1.807) is 5.38 Å². The SMILES string of the molecule is CCC1CCC(C)N1c1nc(C(N)C(=O)O)cs1. The molecule has 3 atom stereocenters. The first kappa shape index (κ1) is 13.3. The molecule has 0 bridgehead atoms. The van der Waals surface area contributed by atoms with E-state index in [0.29, 0.717) is 17.8 Å². The van der Waals surface area contributed by atoms with Crippen LogP contribution in [-0.2, 0) is 4.79 Å². The first-order chi connectivity index (χ1) is 8.54. The van der Waals surface area contributed by atoms with Crippen LogP contribution in [0.5, 0.6) is 0 Å². The largest absolute Gasteiger partial charge is 0.480 e. The number of carbonyl (C=O) groups is 1. The van der Waals surface area contributed by atoms with Crippen LogP contribution in [0.3, 0.4) is 0 Å². The summed E-state index contributed by atoms with van der Waals surface area (Å²) in [5, 5.41) is 11.5. The third-order valence-corrected chi connectivity index (χ3v) is 4.44. The van der Waals surface area contributed by atoms with E-state index in [1.165, 1.54) is 24.2 Å². The van der Waals surface area contributed by atoms with Gasteiger partial charge in [-0.3, -0.25) is 4.79 Å². The van der Waals surface area contributed by atoms with E-state index in [-0.39, 0.29) is 0 Å². The zero-order chi connectivity index (χ0) is 13.3. The molecule has 0 aliphatic carbocycles. The second-order valence-corrected chi connectivity index (χ2v) is 5.60. The highest BCUT2D eigenvalue weighted by molar-refractivity contribution is 7.13. The summed E-state index contributed by atoms with van der Waals surface area (Å²) in [5.41, 5.74) is 6.03. The number of rotatable bonds is 4. The monoisotopic (exact) mass is 269 g/mol. The van der Waals surface area contributed by atoms with Gasteiger partial charge in [0.05, 0.1) is 5.69 Å². The maximum Gasteiger partial charge on any atom is 0.326 e. The molecule has 1 aromatic rings. The predicted octanol–water partition coefficient (Wildman–Crippen LogP) is 1.99. The average molecular weight is 269 g/mol. The molecular formula is C12H19N3O2S.